The molecule has 0 saturated carbocycles. The van der Waals surface area contributed by atoms with Crippen LogP contribution in [0.25, 0.3) is 17.1 Å². The van der Waals surface area contributed by atoms with Gasteiger partial charge in [-0.15, -0.1) is 0 Å². The Morgan fingerprint density at radius 1 is 1.33 bits per heavy atom. The molecule has 1 saturated heterocycles. The lowest BCUT2D eigenvalue weighted by molar-refractivity contribution is -0.150. The Kier molecular flexibility index (Phi) is 5.69. The predicted molar refractivity (Wildman–Crippen MR) is 113 cm³/mol. The summed E-state index contributed by atoms with van der Waals surface area (Å²) in [6.45, 7) is 3.30. The highest BCUT2D eigenvalue weighted by atomic mass is 32.2. The second-order valence-corrected chi connectivity index (χ2v) is 8.28. The van der Waals surface area contributed by atoms with Gasteiger partial charge in [-0.25, -0.2) is 9.78 Å². The number of hydrogen-bond donors (Lipinski definition) is 1. The zero-order valence-electron chi connectivity index (χ0n) is 16.1. The van der Waals surface area contributed by atoms with E-state index < -0.39 is 23.2 Å². The average Bonchev–Trinajstić information content (AvgIpc) is 3.40. The molecule has 0 bridgehead atoms. The molecular weight excluding hydrogens is 426 g/mol. The maximum Gasteiger partial charge on any atom is 0.329 e. The van der Waals surface area contributed by atoms with Crippen molar-refractivity contribution in [2.75, 3.05) is 6.61 Å². The first kappa shape index (κ1) is 20.3. The number of furan rings is 1. The molecule has 0 aliphatic carbocycles. The first-order valence-electron chi connectivity index (χ1n) is 9.12. The van der Waals surface area contributed by atoms with Gasteiger partial charge in [-0.1, -0.05) is 12.1 Å². The monoisotopic (exact) mass is 443 g/mol. The summed E-state index contributed by atoms with van der Waals surface area (Å²) in [6.07, 6.45) is 1.49. The number of rotatable bonds is 6. The normalized spacial score (nSPS) is 16.6. The Bertz CT molecular complexity index is 1130. The number of fused-ring (bicyclic) bond motifs is 1. The van der Waals surface area contributed by atoms with E-state index in [1.807, 2.05) is 24.3 Å². The van der Waals surface area contributed by atoms with Gasteiger partial charge < -0.3 is 14.1 Å². The van der Waals surface area contributed by atoms with Crippen molar-refractivity contribution >= 4 is 57.7 Å². The molecule has 8 nitrogen and oxygen atoms in total. The minimum atomic E-state index is -0.987. The van der Waals surface area contributed by atoms with Gasteiger partial charge >= 0.3 is 5.97 Å². The first-order chi connectivity index (χ1) is 14.5. The Hall–Kier alpha value is -2.98. The number of aromatic amines is 1. The fourth-order valence-electron chi connectivity index (χ4n) is 2.85. The van der Waals surface area contributed by atoms with Crippen LogP contribution in [0.3, 0.4) is 0 Å². The number of H-pyrrole nitrogens is 1. The Morgan fingerprint density at radius 3 is 2.90 bits per heavy atom. The summed E-state index contributed by atoms with van der Waals surface area (Å²) in [7, 11) is 0. The topological polar surface area (TPSA) is 106 Å². The van der Waals surface area contributed by atoms with Crippen molar-refractivity contribution in [2.45, 2.75) is 30.1 Å². The maximum atomic E-state index is 12.6. The number of carbonyl (C=O) groups excluding carboxylic acids is 3. The molecular formula is C20H17N3O5S2. The third-order valence-electron chi connectivity index (χ3n) is 4.28. The number of hydrogen-bond acceptors (Lipinski definition) is 8. The minimum Gasteiger partial charge on any atom is -0.464 e. The molecule has 1 fully saturated rings. The van der Waals surface area contributed by atoms with Gasteiger partial charge in [0.25, 0.3) is 11.1 Å². The molecule has 1 atom stereocenters. The molecule has 2 amide bonds. The number of nitrogens with one attached hydrogen (secondary N) is 1. The van der Waals surface area contributed by atoms with Crippen molar-refractivity contribution in [3.8, 4) is 0 Å². The summed E-state index contributed by atoms with van der Waals surface area (Å²) >= 11 is 2.08. The van der Waals surface area contributed by atoms with Crippen LogP contribution in [-0.4, -0.2) is 44.6 Å². The lowest BCUT2D eigenvalue weighted by Crippen LogP contribution is -2.42. The molecule has 1 N–H and O–H groups in total. The zero-order chi connectivity index (χ0) is 21.3. The number of esters is 1. The van der Waals surface area contributed by atoms with Crippen LogP contribution in [0.4, 0.5) is 4.79 Å². The van der Waals surface area contributed by atoms with Crippen LogP contribution < -0.4 is 0 Å². The summed E-state index contributed by atoms with van der Waals surface area (Å²) in [4.78, 5) is 45.5. The molecule has 1 aliphatic rings. The van der Waals surface area contributed by atoms with E-state index in [9.17, 15) is 14.4 Å². The van der Waals surface area contributed by atoms with Crippen LogP contribution in [0.1, 0.15) is 19.6 Å². The van der Waals surface area contributed by atoms with E-state index in [4.69, 9.17) is 9.15 Å². The van der Waals surface area contributed by atoms with Crippen LogP contribution in [0.5, 0.6) is 0 Å². The SMILES string of the molecule is CCOC(=O)C(C)N1C(=O)S/C(=C/c2ccc(Sc3nc4ccccc4[nH]3)o2)C1=O. The van der Waals surface area contributed by atoms with E-state index in [0.717, 1.165) is 27.7 Å². The summed E-state index contributed by atoms with van der Waals surface area (Å²) < 4.78 is 10.7. The fraction of sp³-hybridized carbons (Fsp3) is 0.200. The Morgan fingerprint density at radius 2 is 2.13 bits per heavy atom. The van der Waals surface area contributed by atoms with Crippen LogP contribution in [-0.2, 0) is 14.3 Å². The number of benzene rings is 1. The predicted octanol–water partition coefficient (Wildman–Crippen LogP) is 4.30. The van der Waals surface area contributed by atoms with E-state index in [1.54, 1.807) is 19.1 Å². The molecule has 1 aliphatic heterocycles. The molecule has 154 valence electrons. The van der Waals surface area contributed by atoms with Crippen LogP contribution in [0.2, 0.25) is 0 Å². The van der Waals surface area contributed by atoms with Gasteiger partial charge in [0.1, 0.15) is 11.8 Å². The summed E-state index contributed by atoms with van der Waals surface area (Å²) in [5.41, 5.74) is 1.78. The standard InChI is InChI=1S/C20H17N3O5S2/c1-3-27-18(25)11(2)23-17(24)15(29-20(23)26)10-12-8-9-16(28-12)30-19-21-13-6-4-5-7-14(13)22-19/h4-11H,3H2,1-2H3,(H,21,22)/b15-10+. The van der Waals surface area contributed by atoms with Gasteiger partial charge in [0.05, 0.1) is 22.5 Å². The molecule has 3 heterocycles. The van der Waals surface area contributed by atoms with E-state index in [-0.39, 0.29) is 11.5 Å². The molecule has 0 radical (unpaired) electrons. The highest BCUT2D eigenvalue weighted by molar-refractivity contribution is 8.18. The van der Waals surface area contributed by atoms with Crippen molar-refractivity contribution in [2.24, 2.45) is 0 Å². The molecule has 2 aromatic heterocycles. The van der Waals surface area contributed by atoms with Gasteiger partial charge in [-0.3, -0.25) is 14.5 Å². The largest absolute Gasteiger partial charge is 0.464 e. The van der Waals surface area contributed by atoms with Crippen molar-refractivity contribution in [1.29, 1.82) is 0 Å². The molecule has 3 aromatic rings. The smallest absolute Gasteiger partial charge is 0.329 e. The van der Waals surface area contributed by atoms with E-state index in [2.05, 4.69) is 9.97 Å². The lowest BCUT2D eigenvalue weighted by Gasteiger charge is -2.19. The number of carbonyl (C=O) groups is 3. The van der Waals surface area contributed by atoms with Crippen molar-refractivity contribution in [1.82, 2.24) is 14.9 Å². The molecule has 0 spiro atoms. The number of amides is 2. The average molecular weight is 444 g/mol. The van der Waals surface area contributed by atoms with E-state index in [0.29, 0.717) is 16.0 Å². The fourth-order valence-corrected chi connectivity index (χ4v) is 4.51. The minimum absolute atomic E-state index is 0.174. The number of imidazole rings is 1. The summed E-state index contributed by atoms with van der Waals surface area (Å²) in [5, 5.41) is 0.746. The van der Waals surface area contributed by atoms with Crippen LogP contribution in [0, 0.1) is 0 Å². The zero-order valence-corrected chi connectivity index (χ0v) is 17.7. The van der Waals surface area contributed by atoms with Crippen molar-refractivity contribution in [3.63, 3.8) is 0 Å². The number of imide groups is 1. The molecule has 30 heavy (non-hydrogen) atoms. The van der Waals surface area contributed by atoms with Crippen molar-refractivity contribution < 1.29 is 23.5 Å². The molecule has 4 rings (SSSR count). The highest BCUT2D eigenvalue weighted by Gasteiger charge is 2.41. The first-order valence-corrected chi connectivity index (χ1v) is 10.8. The van der Waals surface area contributed by atoms with Crippen LogP contribution >= 0.6 is 23.5 Å². The van der Waals surface area contributed by atoms with Gasteiger partial charge in [-0.05, 0) is 61.6 Å². The van der Waals surface area contributed by atoms with Crippen molar-refractivity contribution in [3.05, 3.63) is 47.1 Å². The number of nitrogens with zero attached hydrogens (tertiary/aromatic N) is 2. The molecule has 10 heteroatoms. The molecule has 1 aromatic carbocycles. The number of para-hydroxylation sites is 2. The summed E-state index contributed by atoms with van der Waals surface area (Å²) in [6, 6.07) is 10.2. The molecule has 1 unspecified atom stereocenters. The van der Waals surface area contributed by atoms with Gasteiger partial charge in [-0.2, -0.15) is 0 Å². The third kappa shape index (κ3) is 4.01. The second kappa shape index (κ2) is 8.41. The third-order valence-corrected chi connectivity index (χ3v) is 5.97. The maximum absolute atomic E-state index is 12.6. The lowest BCUT2D eigenvalue weighted by atomic mass is 10.3. The van der Waals surface area contributed by atoms with E-state index in [1.165, 1.54) is 24.8 Å². The Labute approximate surface area is 180 Å². The number of thioether (sulfide) groups is 1. The van der Waals surface area contributed by atoms with E-state index >= 15 is 0 Å². The number of aromatic nitrogens is 2. The quantitative estimate of drug-likeness (QED) is 0.444. The number of ether oxygens (including phenoxy) is 1. The summed E-state index contributed by atoms with van der Waals surface area (Å²) in [5.74, 6) is -0.750. The van der Waals surface area contributed by atoms with Gasteiger partial charge in [0, 0.05) is 6.08 Å². The van der Waals surface area contributed by atoms with Crippen LogP contribution in [0.15, 0.2) is 56.0 Å². The van der Waals surface area contributed by atoms with Gasteiger partial charge in [0.2, 0.25) is 0 Å². The highest BCUT2D eigenvalue weighted by Crippen LogP contribution is 2.35. The van der Waals surface area contributed by atoms with Gasteiger partial charge in [0.15, 0.2) is 10.2 Å². The Balaban J connectivity index is 1.49. The second-order valence-electron chi connectivity index (χ2n) is 6.30.